The second-order valence-corrected chi connectivity index (χ2v) is 14.4. The van der Waals surface area contributed by atoms with Crippen LogP contribution < -0.4 is 10.6 Å². The Hall–Kier alpha value is -0.200. The van der Waals surface area contributed by atoms with Gasteiger partial charge in [0.05, 0.1) is 12.2 Å². The van der Waals surface area contributed by atoms with Gasteiger partial charge in [-0.3, -0.25) is 0 Å². The van der Waals surface area contributed by atoms with Gasteiger partial charge < -0.3 is 25.7 Å². The molecule has 0 spiro atoms. The van der Waals surface area contributed by atoms with Crippen molar-refractivity contribution in [2.24, 2.45) is 0 Å². The molecule has 0 rings (SSSR count). The van der Waals surface area contributed by atoms with Crippen molar-refractivity contribution in [2.45, 2.75) is 213 Å². The number of hydrogen-bond acceptors (Lipinski definition) is 5. The molecule has 0 amide bonds. The largest absolute Gasteiger partial charge is 0.393 e. The highest BCUT2D eigenvalue weighted by Gasteiger charge is 2.11. The van der Waals surface area contributed by atoms with E-state index >= 15 is 0 Å². The molecule has 5 heteroatoms. The fourth-order valence-corrected chi connectivity index (χ4v) is 6.43. The van der Waals surface area contributed by atoms with Crippen molar-refractivity contribution >= 4 is 0 Å². The lowest BCUT2D eigenvalue weighted by molar-refractivity contribution is 0.108. The summed E-state index contributed by atoms with van der Waals surface area (Å²) in [5.41, 5.74) is 0. The summed E-state index contributed by atoms with van der Waals surface area (Å²) in [7, 11) is 0. The minimum Gasteiger partial charge on any atom is -0.393 e. The zero-order chi connectivity index (χ0) is 32.9. The van der Waals surface area contributed by atoms with E-state index in [-0.39, 0.29) is 12.2 Å². The first-order chi connectivity index (χ1) is 22.1. The predicted octanol–water partition coefficient (Wildman–Crippen LogP) is 10.2. The Morgan fingerprint density at radius 2 is 0.800 bits per heavy atom. The van der Waals surface area contributed by atoms with E-state index in [0.29, 0.717) is 6.54 Å². The normalized spacial score (nSPS) is 13.2. The van der Waals surface area contributed by atoms with Crippen molar-refractivity contribution in [3.05, 3.63) is 0 Å². The molecule has 0 fully saturated rings. The van der Waals surface area contributed by atoms with Crippen LogP contribution in [-0.4, -0.2) is 73.1 Å². The average Bonchev–Trinajstić information content (AvgIpc) is 3.02. The molecule has 0 aromatic rings. The SMILES string of the molecule is CCCCCCCCCCCCCCNCCCCN(CCCCCCCCCCCCCC)CC(O)CNCCCC(C)O. The van der Waals surface area contributed by atoms with Gasteiger partial charge in [0, 0.05) is 13.1 Å². The number of nitrogens with one attached hydrogen (secondary N) is 2. The number of unbranched alkanes of at least 4 members (excludes halogenated alkanes) is 23. The Kier molecular flexibility index (Phi) is 38.1. The minimum absolute atomic E-state index is 0.234. The molecule has 0 aromatic carbocycles. The van der Waals surface area contributed by atoms with Gasteiger partial charge in [0.1, 0.15) is 0 Å². The van der Waals surface area contributed by atoms with Crippen LogP contribution in [0.3, 0.4) is 0 Å². The zero-order valence-electron chi connectivity index (χ0n) is 31.2. The van der Waals surface area contributed by atoms with Crippen molar-refractivity contribution < 1.29 is 10.2 Å². The lowest BCUT2D eigenvalue weighted by atomic mass is 10.1. The van der Waals surface area contributed by atoms with E-state index in [1.807, 2.05) is 6.92 Å². The van der Waals surface area contributed by atoms with Gasteiger partial charge >= 0.3 is 0 Å². The molecule has 0 bridgehead atoms. The predicted molar refractivity (Wildman–Crippen MR) is 200 cm³/mol. The first kappa shape index (κ1) is 44.8. The molecule has 0 aliphatic heterocycles. The summed E-state index contributed by atoms with van der Waals surface area (Å²) in [4.78, 5) is 2.52. The molecule has 4 N–H and O–H groups in total. The second-order valence-electron chi connectivity index (χ2n) is 14.4. The number of aliphatic hydroxyl groups excluding tert-OH is 2. The van der Waals surface area contributed by atoms with Crippen LogP contribution in [0.2, 0.25) is 0 Å². The maximum Gasteiger partial charge on any atom is 0.0791 e. The Balaban J connectivity index is 3.93. The van der Waals surface area contributed by atoms with Crippen LogP contribution in [0.1, 0.15) is 201 Å². The lowest BCUT2D eigenvalue weighted by Gasteiger charge is -2.25. The lowest BCUT2D eigenvalue weighted by Crippen LogP contribution is -2.39. The van der Waals surface area contributed by atoms with E-state index in [4.69, 9.17) is 0 Å². The number of hydrogen-bond donors (Lipinski definition) is 4. The van der Waals surface area contributed by atoms with E-state index in [9.17, 15) is 10.2 Å². The fourth-order valence-electron chi connectivity index (χ4n) is 6.43. The average molecular weight is 640 g/mol. The van der Waals surface area contributed by atoms with Crippen LogP contribution in [-0.2, 0) is 0 Å². The molecule has 0 aliphatic carbocycles. The van der Waals surface area contributed by atoms with Gasteiger partial charge in [-0.1, -0.05) is 155 Å². The van der Waals surface area contributed by atoms with Gasteiger partial charge in [0.25, 0.3) is 0 Å². The maximum absolute atomic E-state index is 10.7. The van der Waals surface area contributed by atoms with Gasteiger partial charge in [-0.25, -0.2) is 0 Å². The summed E-state index contributed by atoms with van der Waals surface area (Å²) >= 11 is 0. The van der Waals surface area contributed by atoms with Crippen LogP contribution in [0.4, 0.5) is 0 Å². The van der Waals surface area contributed by atoms with Crippen molar-refractivity contribution in [3.8, 4) is 0 Å². The van der Waals surface area contributed by atoms with Gasteiger partial charge in [0.15, 0.2) is 0 Å². The van der Waals surface area contributed by atoms with Gasteiger partial charge in [0.2, 0.25) is 0 Å². The third-order valence-corrected chi connectivity index (χ3v) is 9.44. The molecule has 2 unspecified atom stereocenters. The quantitative estimate of drug-likeness (QED) is 0.0504. The third-order valence-electron chi connectivity index (χ3n) is 9.44. The zero-order valence-corrected chi connectivity index (χ0v) is 31.2. The third kappa shape index (κ3) is 38.1. The summed E-state index contributed by atoms with van der Waals surface area (Å²) < 4.78 is 0. The summed E-state index contributed by atoms with van der Waals surface area (Å²) in [5.74, 6) is 0. The van der Waals surface area contributed by atoms with E-state index in [1.165, 1.54) is 173 Å². The molecule has 0 heterocycles. The highest BCUT2D eigenvalue weighted by Crippen LogP contribution is 2.13. The van der Waals surface area contributed by atoms with Crippen LogP contribution in [0, 0.1) is 0 Å². The first-order valence-electron chi connectivity index (χ1n) is 20.6. The van der Waals surface area contributed by atoms with Crippen molar-refractivity contribution in [2.75, 3.05) is 45.8 Å². The van der Waals surface area contributed by atoms with Crippen molar-refractivity contribution in [1.29, 1.82) is 0 Å². The van der Waals surface area contributed by atoms with Crippen LogP contribution in [0.5, 0.6) is 0 Å². The van der Waals surface area contributed by atoms with Crippen LogP contribution in [0.25, 0.3) is 0 Å². The van der Waals surface area contributed by atoms with E-state index in [0.717, 1.165) is 45.6 Å². The molecule has 5 nitrogen and oxygen atoms in total. The number of rotatable bonds is 39. The first-order valence-corrected chi connectivity index (χ1v) is 20.6. The Morgan fingerprint density at radius 3 is 1.24 bits per heavy atom. The molecular formula is C40H85N3O2. The topological polar surface area (TPSA) is 67.8 Å². The molecule has 272 valence electrons. The fraction of sp³-hybridized carbons (Fsp3) is 1.00. The second kappa shape index (κ2) is 38.2. The van der Waals surface area contributed by atoms with Gasteiger partial charge in [-0.2, -0.15) is 0 Å². The standard InChI is InChI=1S/C40H85N3O2/c1-4-6-8-10-12-14-16-18-20-22-24-26-32-41-33-27-29-36-43(38-40(45)37-42-34-30-31-39(3)44)35-28-25-23-21-19-17-15-13-11-9-7-5-2/h39-42,44-45H,4-38H2,1-3H3. The molecule has 0 saturated heterocycles. The maximum atomic E-state index is 10.7. The van der Waals surface area contributed by atoms with E-state index < -0.39 is 0 Å². The molecule has 45 heavy (non-hydrogen) atoms. The monoisotopic (exact) mass is 640 g/mol. The summed E-state index contributed by atoms with van der Waals surface area (Å²) in [6.07, 6.45) is 37.2. The van der Waals surface area contributed by atoms with E-state index in [2.05, 4.69) is 29.4 Å². The highest BCUT2D eigenvalue weighted by atomic mass is 16.3. The van der Waals surface area contributed by atoms with Crippen LogP contribution in [0.15, 0.2) is 0 Å². The molecule has 0 aromatic heterocycles. The molecule has 0 aliphatic rings. The summed E-state index contributed by atoms with van der Waals surface area (Å²) in [6.45, 7) is 13.2. The Labute approximate surface area is 283 Å². The number of nitrogens with zero attached hydrogens (tertiary/aromatic N) is 1. The van der Waals surface area contributed by atoms with Crippen molar-refractivity contribution in [1.82, 2.24) is 15.5 Å². The van der Waals surface area contributed by atoms with Gasteiger partial charge in [-0.15, -0.1) is 0 Å². The highest BCUT2D eigenvalue weighted by molar-refractivity contribution is 4.68. The summed E-state index contributed by atoms with van der Waals surface area (Å²) in [6, 6.07) is 0. The Morgan fingerprint density at radius 1 is 0.444 bits per heavy atom. The molecular weight excluding hydrogens is 554 g/mol. The van der Waals surface area contributed by atoms with Crippen molar-refractivity contribution in [3.63, 3.8) is 0 Å². The minimum atomic E-state index is -0.321. The number of aliphatic hydroxyl groups is 2. The van der Waals surface area contributed by atoms with E-state index in [1.54, 1.807) is 0 Å². The Bertz CT molecular complexity index is 534. The van der Waals surface area contributed by atoms with Gasteiger partial charge in [-0.05, 0) is 78.2 Å². The smallest absolute Gasteiger partial charge is 0.0791 e. The van der Waals surface area contributed by atoms with Crippen LogP contribution >= 0.6 is 0 Å². The molecule has 2 atom stereocenters. The molecule has 0 radical (unpaired) electrons. The summed E-state index contributed by atoms with van der Waals surface area (Å²) in [5, 5.41) is 27.2. The molecule has 0 saturated carbocycles.